The monoisotopic (exact) mass is 322 g/mol. The second kappa shape index (κ2) is 6.51. The maximum atomic E-state index is 12.4. The molecule has 0 amide bonds. The topological polar surface area (TPSA) is 30.2 Å². The van der Waals surface area contributed by atoms with Gasteiger partial charge in [-0.15, -0.1) is 0 Å². The lowest BCUT2D eigenvalue weighted by Crippen LogP contribution is -2.03. The average molecular weight is 322 g/mol. The molecule has 0 unspecified atom stereocenters. The van der Waals surface area contributed by atoms with E-state index in [2.05, 4.69) is 11.8 Å². The van der Waals surface area contributed by atoms with Crippen molar-refractivity contribution < 1.29 is 4.42 Å². The third-order valence-electron chi connectivity index (χ3n) is 3.99. The van der Waals surface area contributed by atoms with Crippen LogP contribution in [0.3, 0.4) is 0 Å². The fraction of sp³-hybridized carbons (Fsp3) is 0. The summed E-state index contributed by atoms with van der Waals surface area (Å²) in [7, 11) is 0. The van der Waals surface area contributed by atoms with Gasteiger partial charge in [0.25, 0.3) is 0 Å². The van der Waals surface area contributed by atoms with Crippen LogP contribution in [0.25, 0.3) is 21.9 Å². The molecule has 0 saturated heterocycles. The van der Waals surface area contributed by atoms with Gasteiger partial charge in [0, 0.05) is 16.5 Å². The highest BCUT2D eigenvalue weighted by atomic mass is 16.4. The Kier molecular flexibility index (Phi) is 3.90. The standard InChI is InChI=1S/C23H14O2/c24-23-20-14-8-7-13-19(20)22(18-11-5-2-6-12-18)21(25-23)16-15-17-9-3-1-4-10-17/h1-14H. The summed E-state index contributed by atoms with van der Waals surface area (Å²) in [5.41, 5.74) is 2.32. The van der Waals surface area contributed by atoms with Crippen LogP contribution in [0, 0.1) is 11.8 Å². The van der Waals surface area contributed by atoms with E-state index in [9.17, 15) is 4.79 Å². The van der Waals surface area contributed by atoms with Crippen molar-refractivity contribution in [1.82, 2.24) is 0 Å². The maximum Gasteiger partial charge on any atom is 0.344 e. The Bertz CT molecular complexity index is 1140. The molecule has 4 aromatic rings. The third kappa shape index (κ3) is 2.96. The van der Waals surface area contributed by atoms with Gasteiger partial charge in [-0.05, 0) is 29.7 Å². The van der Waals surface area contributed by atoms with E-state index in [4.69, 9.17) is 4.42 Å². The highest BCUT2D eigenvalue weighted by Crippen LogP contribution is 2.30. The zero-order valence-electron chi connectivity index (χ0n) is 13.4. The van der Waals surface area contributed by atoms with Crippen LogP contribution in [0.5, 0.6) is 0 Å². The number of fused-ring (bicyclic) bond motifs is 1. The summed E-state index contributed by atoms with van der Waals surface area (Å²) >= 11 is 0. The van der Waals surface area contributed by atoms with Crippen molar-refractivity contribution in [3.63, 3.8) is 0 Å². The van der Waals surface area contributed by atoms with Gasteiger partial charge >= 0.3 is 5.63 Å². The van der Waals surface area contributed by atoms with Crippen LogP contribution >= 0.6 is 0 Å². The molecule has 1 aromatic heterocycles. The lowest BCUT2D eigenvalue weighted by molar-refractivity contribution is 0.509. The zero-order chi connectivity index (χ0) is 17.1. The second-order valence-electron chi connectivity index (χ2n) is 5.62. The fourth-order valence-electron chi connectivity index (χ4n) is 2.83. The normalized spacial score (nSPS) is 10.2. The lowest BCUT2D eigenvalue weighted by Gasteiger charge is -2.08. The molecule has 4 rings (SSSR count). The first-order valence-electron chi connectivity index (χ1n) is 8.01. The van der Waals surface area contributed by atoms with Crippen molar-refractivity contribution in [2.75, 3.05) is 0 Å². The molecule has 118 valence electrons. The minimum absolute atomic E-state index is 0.368. The molecular formula is C23H14O2. The quantitative estimate of drug-likeness (QED) is 0.468. The number of hydrogen-bond acceptors (Lipinski definition) is 2. The van der Waals surface area contributed by atoms with Crippen LogP contribution in [-0.2, 0) is 0 Å². The molecule has 2 nitrogen and oxygen atoms in total. The van der Waals surface area contributed by atoms with E-state index >= 15 is 0 Å². The van der Waals surface area contributed by atoms with Gasteiger partial charge in [0.1, 0.15) is 0 Å². The Morgan fingerprint density at radius 2 is 1.24 bits per heavy atom. The van der Waals surface area contributed by atoms with Crippen molar-refractivity contribution in [2.45, 2.75) is 0 Å². The van der Waals surface area contributed by atoms with Gasteiger partial charge in [-0.1, -0.05) is 72.7 Å². The Morgan fingerprint density at radius 1 is 0.640 bits per heavy atom. The van der Waals surface area contributed by atoms with Crippen LogP contribution in [0.4, 0.5) is 0 Å². The van der Waals surface area contributed by atoms with Crippen LogP contribution in [0.1, 0.15) is 11.3 Å². The molecule has 0 aliphatic heterocycles. The van der Waals surface area contributed by atoms with Gasteiger partial charge in [-0.3, -0.25) is 0 Å². The van der Waals surface area contributed by atoms with Crippen molar-refractivity contribution in [3.8, 4) is 23.0 Å². The summed E-state index contributed by atoms with van der Waals surface area (Å²) in [4.78, 5) is 12.4. The Hall–Kier alpha value is -3.57. The first-order chi connectivity index (χ1) is 12.3. The van der Waals surface area contributed by atoms with E-state index in [0.717, 1.165) is 22.1 Å². The molecule has 0 aliphatic carbocycles. The van der Waals surface area contributed by atoms with E-state index in [1.165, 1.54) is 0 Å². The molecule has 3 aromatic carbocycles. The minimum Gasteiger partial charge on any atom is -0.413 e. The van der Waals surface area contributed by atoms with Crippen molar-refractivity contribution >= 4 is 10.8 Å². The van der Waals surface area contributed by atoms with Gasteiger partial charge in [0.2, 0.25) is 0 Å². The van der Waals surface area contributed by atoms with Crippen molar-refractivity contribution in [2.24, 2.45) is 0 Å². The molecule has 1 heterocycles. The molecule has 0 aliphatic rings. The van der Waals surface area contributed by atoms with E-state index < -0.39 is 0 Å². The Labute approximate surface area is 145 Å². The van der Waals surface area contributed by atoms with Gasteiger partial charge in [-0.25, -0.2) is 4.79 Å². The van der Waals surface area contributed by atoms with Crippen LogP contribution in [-0.4, -0.2) is 0 Å². The molecule has 0 radical (unpaired) electrons. The summed E-state index contributed by atoms with van der Waals surface area (Å²) in [6.07, 6.45) is 0. The highest BCUT2D eigenvalue weighted by Gasteiger charge is 2.13. The van der Waals surface area contributed by atoms with E-state index in [0.29, 0.717) is 11.1 Å². The highest BCUT2D eigenvalue weighted by molar-refractivity contribution is 5.97. The molecule has 0 fully saturated rings. The molecule has 0 N–H and O–H groups in total. The molecule has 0 atom stereocenters. The molecule has 25 heavy (non-hydrogen) atoms. The molecule has 2 heteroatoms. The third-order valence-corrected chi connectivity index (χ3v) is 3.99. The summed E-state index contributed by atoms with van der Waals surface area (Å²) in [5.74, 6) is 6.51. The first kappa shape index (κ1) is 15.0. The lowest BCUT2D eigenvalue weighted by atomic mass is 9.98. The summed E-state index contributed by atoms with van der Waals surface area (Å²) in [6, 6.07) is 27.0. The van der Waals surface area contributed by atoms with E-state index in [1.54, 1.807) is 6.07 Å². The minimum atomic E-state index is -0.368. The predicted molar refractivity (Wildman–Crippen MR) is 100 cm³/mol. The summed E-state index contributed by atoms with van der Waals surface area (Å²) in [6.45, 7) is 0. The number of benzene rings is 3. The van der Waals surface area contributed by atoms with Gasteiger partial charge in [0.15, 0.2) is 5.76 Å². The number of rotatable bonds is 1. The predicted octanol–water partition coefficient (Wildman–Crippen LogP) is 4.86. The van der Waals surface area contributed by atoms with Gasteiger partial charge in [0.05, 0.1) is 5.39 Å². The largest absolute Gasteiger partial charge is 0.413 e. The fourth-order valence-corrected chi connectivity index (χ4v) is 2.83. The summed E-state index contributed by atoms with van der Waals surface area (Å²) < 4.78 is 5.57. The molecule has 0 bridgehead atoms. The van der Waals surface area contributed by atoms with E-state index in [-0.39, 0.29) is 5.63 Å². The van der Waals surface area contributed by atoms with E-state index in [1.807, 2.05) is 78.9 Å². The zero-order valence-corrected chi connectivity index (χ0v) is 13.4. The van der Waals surface area contributed by atoms with Crippen LogP contribution < -0.4 is 5.63 Å². The smallest absolute Gasteiger partial charge is 0.344 e. The van der Waals surface area contributed by atoms with Crippen LogP contribution in [0.2, 0.25) is 0 Å². The average Bonchev–Trinajstić information content (AvgIpc) is 2.68. The van der Waals surface area contributed by atoms with Gasteiger partial charge in [-0.2, -0.15) is 0 Å². The Balaban J connectivity index is 2.01. The first-order valence-corrected chi connectivity index (χ1v) is 8.01. The number of hydrogen-bond donors (Lipinski definition) is 0. The SMILES string of the molecule is O=c1oc(C#Cc2ccccc2)c(-c2ccccc2)c2ccccc12. The Morgan fingerprint density at radius 3 is 1.96 bits per heavy atom. The van der Waals surface area contributed by atoms with Crippen molar-refractivity contribution in [1.29, 1.82) is 0 Å². The van der Waals surface area contributed by atoms with Crippen molar-refractivity contribution in [3.05, 3.63) is 107 Å². The van der Waals surface area contributed by atoms with Crippen LogP contribution in [0.15, 0.2) is 94.1 Å². The molecular weight excluding hydrogens is 308 g/mol. The molecule has 0 saturated carbocycles. The maximum absolute atomic E-state index is 12.4. The van der Waals surface area contributed by atoms with Gasteiger partial charge < -0.3 is 4.42 Å². The molecule has 0 spiro atoms. The second-order valence-corrected chi connectivity index (χ2v) is 5.62. The summed E-state index contributed by atoms with van der Waals surface area (Å²) in [5, 5.41) is 1.41.